The lowest BCUT2D eigenvalue weighted by molar-refractivity contribution is 0.0602. The third-order valence-corrected chi connectivity index (χ3v) is 1.12. The number of methoxy groups -OCH3 is 1. The van der Waals surface area contributed by atoms with Gasteiger partial charge in [-0.05, 0) is 0 Å². The van der Waals surface area contributed by atoms with Gasteiger partial charge in [-0.25, -0.2) is 4.79 Å². The molecule has 1 aromatic rings. The number of carbonyl (C=O) groups excluding carboxylic acids is 1. The molecule has 0 aliphatic heterocycles. The van der Waals surface area contributed by atoms with Crippen molar-refractivity contribution in [1.82, 2.24) is 10.2 Å². The predicted octanol–water partition coefficient (Wildman–Crippen LogP) is 0.681. The molecule has 0 unspecified atom stereocenters. The Kier molecular flexibility index (Phi) is 1.83. The molecule has 0 atom stereocenters. The number of aromatic nitrogens is 2. The molecule has 1 aromatic heterocycles. The largest absolute Gasteiger partial charge is 0.465 e. The van der Waals surface area contributed by atoms with Crippen LogP contribution >= 0.6 is 0 Å². The minimum absolute atomic E-state index is 0.00292. The normalized spacial score (nSPS) is 8.73. The van der Waals surface area contributed by atoms with Crippen molar-refractivity contribution < 1.29 is 9.53 Å². The molecule has 6 nitrogen and oxygen atoms in total. The summed E-state index contributed by atoms with van der Waals surface area (Å²) in [5.41, 5.74) is 0.106. The van der Waals surface area contributed by atoms with Gasteiger partial charge in [0.05, 0.1) is 18.7 Å². The van der Waals surface area contributed by atoms with Crippen LogP contribution in [0.3, 0.4) is 0 Å². The summed E-state index contributed by atoms with van der Waals surface area (Å²) in [6.45, 7) is 0. The van der Waals surface area contributed by atoms with Crippen LogP contribution in [0.25, 0.3) is 4.98 Å². The molecular weight excluding hydrogens is 148 g/mol. The zero-order valence-corrected chi connectivity index (χ0v) is 5.74. The van der Waals surface area contributed by atoms with Gasteiger partial charge >= 0.3 is 11.8 Å². The van der Waals surface area contributed by atoms with Gasteiger partial charge in [-0.3, -0.25) is 0 Å². The number of carbonyl (C=O) groups is 1. The van der Waals surface area contributed by atoms with E-state index < -0.39 is 5.97 Å². The molecule has 0 aliphatic carbocycles. The van der Waals surface area contributed by atoms with E-state index in [1.54, 1.807) is 0 Å². The van der Waals surface area contributed by atoms with Crippen LogP contribution in [0, 0.1) is 5.39 Å². The molecule has 0 fully saturated rings. The highest BCUT2D eigenvalue weighted by Crippen LogP contribution is 2.14. The molecule has 6 heteroatoms. The molecule has 1 N–H and O–H groups in total. The van der Waals surface area contributed by atoms with Gasteiger partial charge in [0.2, 0.25) is 0 Å². The maximum absolute atomic E-state index is 10.8. The standard InChI is InChI=1S/C5H4N4O2/c1-11-5(10)3-2-7-9-4(3)8-6/h2H,1H3/p+1. The lowest BCUT2D eigenvalue weighted by Gasteiger charge is -1.88. The number of diazo groups is 1. The highest BCUT2D eigenvalue weighted by atomic mass is 16.5. The number of ether oxygens (including phenoxy) is 1. The number of hydrogen-bond acceptors (Lipinski definition) is 4. The summed E-state index contributed by atoms with van der Waals surface area (Å²) < 4.78 is 4.37. The first-order valence-corrected chi connectivity index (χ1v) is 2.76. The summed E-state index contributed by atoms with van der Waals surface area (Å²) in [4.78, 5) is 13.6. The van der Waals surface area contributed by atoms with Crippen LogP contribution in [0.4, 0.5) is 5.82 Å². The summed E-state index contributed by atoms with van der Waals surface area (Å²) in [5.74, 6) is -0.594. The molecule has 11 heavy (non-hydrogen) atoms. The van der Waals surface area contributed by atoms with E-state index in [4.69, 9.17) is 5.39 Å². The molecule has 0 saturated heterocycles. The van der Waals surface area contributed by atoms with Gasteiger partial charge < -0.3 is 4.74 Å². The Morgan fingerprint density at radius 1 is 1.91 bits per heavy atom. The second kappa shape index (κ2) is 2.79. The molecule has 0 bridgehead atoms. The Morgan fingerprint density at radius 2 is 2.64 bits per heavy atom. The van der Waals surface area contributed by atoms with Crippen molar-refractivity contribution >= 4 is 11.8 Å². The molecule has 0 radical (unpaired) electrons. The van der Waals surface area contributed by atoms with E-state index in [0.29, 0.717) is 0 Å². The van der Waals surface area contributed by atoms with Crippen LogP contribution in [-0.2, 0) is 4.74 Å². The Labute approximate surface area is 61.8 Å². The van der Waals surface area contributed by atoms with E-state index in [9.17, 15) is 4.79 Å². The van der Waals surface area contributed by atoms with E-state index in [1.165, 1.54) is 13.3 Å². The van der Waals surface area contributed by atoms with Crippen LogP contribution in [0.2, 0.25) is 0 Å². The van der Waals surface area contributed by atoms with E-state index in [0.717, 1.165) is 0 Å². The molecule has 1 rings (SSSR count). The van der Waals surface area contributed by atoms with E-state index >= 15 is 0 Å². The molecule has 1 heterocycles. The number of hydrogen-bond donors (Lipinski definition) is 1. The summed E-state index contributed by atoms with van der Waals surface area (Å²) in [6, 6.07) is 0. The van der Waals surface area contributed by atoms with Gasteiger partial charge in [0.1, 0.15) is 0 Å². The fraction of sp³-hybridized carbons (Fsp3) is 0.200. The number of nitrogens with one attached hydrogen (secondary N) is 1. The van der Waals surface area contributed by atoms with Crippen molar-refractivity contribution in [3.8, 4) is 0 Å². The van der Waals surface area contributed by atoms with Crippen LogP contribution in [-0.4, -0.2) is 23.3 Å². The van der Waals surface area contributed by atoms with Crippen molar-refractivity contribution in [3.63, 3.8) is 0 Å². The lowest BCUT2D eigenvalue weighted by Crippen LogP contribution is -1.98. The number of nitrogens with zero attached hydrogens (tertiary/aromatic N) is 3. The summed E-state index contributed by atoms with van der Waals surface area (Å²) in [7, 11) is 1.23. The van der Waals surface area contributed by atoms with Crippen LogP contribution in [0.5, 0.6) is 0 Å². The predicted molar refractivity (Wildman–Crippen MR) is 34.7 cm³/mol. The average Bonchev–Trinajstić information content (AvgIpc) is 2.50. The minimum Gasteiger partial charge on any atom is -0.465 e. The molecular formula is C5H5N4O2+. The van der Waals surface area contributed by atoms with Gasteiger partial charge in [-0.2, -0.15) is 0 Å². The molecule has 56 valence electrons. The van der Waals surface area contributed by atoms with Gasteiger partial charge in [-0.1, -0.05) is 5.10 Å². The zero-order chi connectivity index (χ0) is 8.27. The van der Waals surface area contributed by atoms with Crippen molar-refractivity contribution in [2.75, 3.05) is 7.11 Å². The monoisotopic (exact) mass is 153 g/mol. The molecule has 0 amide bonds. The van der Waals surface area contributed by atoms with Gasteiger partial charge in [-0.15, -0.1) is 5.10 Å². The maximum Gasteiger partial charge on any atom is 0.458 e. The third kappa shape index (κ3) is 1.16. The van der Waals surface area contributed by atoms with Crippen molar-refractivity contribution in [3.05, 3.63) is 16.7 Å². The van der Waals surface area contributed by atoms with Gasteiger partial charge in [0.15, 0.2) is 5.56 Å². The quantitative estimate of drug-likeness (QED) is 0.475. The Morgan fingerprint density at radius 3 is 3.18 bits per heavy atom. The van der Waals surface area contributed by atoms with Crippen molar-refractivity contribution in [2.45, 2.75) is 0 Å². The fourth-order valence-electron chi connectivity index (χ4n) is 0.615. The van der Waals surface area contributed by atoms with E-state index in [2.05, 4.69) is 19.9 Å². The molecule has 0 saturated carbocycles. The molecule has 0 spiro atoms. The smallest absolute Gasteiger partial charge is 0.458 e. The first-order valence-electron chi connectivity index (χ1n) is 2.76. The van der Waals surface area contributed by atoms with Gasteiger partial charge in [0, 0.05) is 4.98 Å². The van der Waals surface area contributed by atoms with E-state index in [-0.39, 0.29) is 11.4 Å². The Balaban J connectivity index is 3.05. The average molecular weight is 153 g/mol. The minimum atomic E-state index is -0.591. The van der Waals surface area contributed by atoms with Crippen molar-refractivity contribution in [1.29, 1.82) is 5.39 Å². The lowest BCUT2D eigenvalue weighted by atomic mass is 10.3. The zero-order valence-electron chi connectivity index (χ0n) is 5.74. The Hall–Kier alpha value is -1.90. The molecule has 0 aromatic carbocycles. The highest BCUT2D eigenvalue weighted by Gasteiger charge is 2.22. The molecule has 0 aliphatic rings. The second-order valence-electron chi connectivity index (χ2n) is 1.72. The SMILES string of the molecule is COC(=O)c1cn[nH]c1[N+]#N. The Bertz CT molecular complexity index is 311. The van der Waals surface area contributed by atoms with Crippen LogP contribution in [0.1, 0.15) is 10.4 Å². The first kappa shape index (κ1) is 7.21. The number of rotatable bonds is 1. The second-order valence-corrected chi connectivity index (χ2v) is 1.72. The first-order chi connectivity index (χ1) is 5.29. The van der Waals surface area contributed by atoms with Crippen LogP contribution in [0.15, 0.2) is 6.20 Å². The number of esters is 1. The van der Waals surface area contributed by atoms with Crippen LogP contribution < -0.4 is 0 Å². The highest BCUT2D eigenvalue weighted by molar-refractivity contribution is 5.94. The van der Waals surface area contributed by atoms with E-state index in [1.807, 2.05) is 0 Å². The number of aromatic amines is 1. The van der Waals surface area contributed by atoms with Crippen molar-refractivity contribution in [2.24, 2.45) is 0 Å². The summed E-state index contributed by atoms with van der Waals surface area (Å²) in [5, 5.41) is 14.1. The number of H-pyrrole nitrogens is 1. The summed E-state index contributed by atoms with van der Waals surface area (Å²) in [6.07, 6.45) is 1.22. The van der Waals surface area contributed by atoms with Gasteiger partial charge in [0.25, 0.3) is 0 Å². The summed E-state index contributed by atoms with van der Waals surface area (Å²) >= 11 is 0. The topological polar surface area (TPSA) is 83.1 Å². The third-order valence-electron chi connectivity index (χ3n) is 1.12. The fourth-order valence-corrected chi connectivity index (χ4v) is 0.615. The maximum atomic E-state index is 10.8.